The van der Waals surface area contributed by atoms with Gasteiger partial charge in [0.1, 0.15) is 4.88 Å². The van der Waals surface area contributed by atoms with Crippen LogP contribution in [0.15, 0.2) is 40.6 Å². The first-order valence-electron chi connectivity index (χ1n) is 4.87. The van der Waals surface area contributed by atoms with E-state index in [0.717, 1.165) is 11.8 Å². The Labute approximate surface area is 116 Å². The lowest BCUT2D eigenvalue weighted by Gasteiger charge is -2.03. The molecule has 0 fully saturated rings. The van der Waals surface area contributed by atoms with Crippen molar-refractivity contribution in [3.8, 4) is 0 Å². The number of benzene rings is 1. The summed E-state index contributed by atoms with van der Waals surface area (Å²) >= 11 is 7.98. The third-order valence-corrected chi connectivity index (χ3v) is 4.56. The maximum Gasteiger partial charge on any atom is 0.336 e. The summed E-state index contributed by atoms with van der Waals surface area (Å²) in [7, 11) is 0. The van der Waals surface area contributed by atoms with Crippen LogP contribution in [0.4, 0.5) is 0 Å². The van der Waals surface area contributed by atoms with Gasteiger partial charge in [-0.25, -0.2) is 4.79 Å². The lowest BCUT2D eigenvalue weighted by atomic mass is 10.2. The highest BCUT2D eigenvalue weighted by Gasteiger charge is 2.17. The van der Waals surface area contributed by atoms with E-state index >= 15 is 0 Å². The molecule has 18 heavy (non-hydrogen) atoms. The molecule has 1 heterocycles. The van der Waals surface area contributed by atoms with Crippen LogP contribution in [0.2, 0.25) is 5.02 Å². The molecule has 3 nitrogen and oxygen atoms in total. The van der Waals surface area contributed by atoms with Gasteiger partial charge in [0, 0.05) is 4.90 Å². The molecule has 0 bridgehead atoms. The minimum absolute atomic E-state index is 0.114. The van der Waals surface area contributed by atoms with Crippen LogP contribution in [-0.2, 0) is 0 Å². The van der Waals surface area contributed by atoms with E-state index in [1.807, 2.05) is 0 Å². The van der Waals surface area contributed by atoms with Crippen molar-refractivity contribution in [3.05, 3.63) is 51.2 Å². The van der Waals surface area contributed by atoms with Gasteiger partial charge in [-0.1, -0.05) is 23.7 Å². The van der Waals surface area contributed by atoms with Crippen molar-refractivity contribution in [2.75, 3.05) is 0 Å². The highest BCUT2D eigenvalue weighted by molar-refractivity contribution is 8.14. The molecule has 0 unspecified atom stereocenters. The molecule has 1 N–H and O–H groups in total. The van der Waals surface area contributed by atoms with Crippen molar-refractivity contribution in [2.45, 2.75) is 4.90 Å². The van der Waals surface area contributed by atoms with Gasteiger partial charge in [0.25, 0.3) is 0 Å². The normalized spacial score (nSPS) is 10.3. The number of hydrogen-bond donors (Lipinski definition) is 1. The number of carboxylic acids is 1. The molecule has 1 aromatic heterocycles. The molecule has 0 radical (unpaired) electrons. The van der Waals surface area contributed by atoms with E-state index in [2.05, 4.69) is 0 Å². The molecule has 0 spiro atoms. The van der Waals surface area contributed by atoms with Crippen LogP contribution in [0.3, 0.4) is 0 Å². The first kappa shape index (κ1) is 13.1. The molecule has 6 heteroatoms. The smallest absolute Gasteiger partial charge is 0.336 e. The zero-order chi connectivity index (χ0) is 13.1. The van der Waals surface area contributed by atoms with Crippen molar-refractivity contribution in [3.63, 3.8) is 0 Å². The monoisotopic (exact) mass is 298 g/mol. The summed E-state index contributed by atoms with van der Waals surface area (Å²) in [5.41, 5.74) is 0.114. The number of carboxylic acid groups (broad SMARTS) is 1. The number of rotatable bonds is 3. The van der Waals surface area contributed by atoms with Crippen LogP contribution in [0.1, 0.15) is 20.0 Å². The van der Waals surface area contributed by atoms with E-state index in [4.69, 9.17) is 16.7 Å². The van der Waals surface area contributed by atoms with Gasteiger partial charge in [-0.3, -0.25) is 4.79 Å². The van der Waals surface area contributed by atoms with Crippen LogP contribution >= 0.6 is 34.7 Å². The Balaban J connectivity index is 2.28. The molecule has 0 saturated carbocycles. The van der Waals surface area contributed by atoms with Crippen molar-refractivity contribution in [1.29, 1.82) is 0 Å². The first-order valence-corrected chi connectivity index (χ1v) is 6.94. The maximum absolute atomic E-state index is 12.0. The van der Waals surface area contributed by atoms with E-state index in [0.29, 0.717) is 14.8 Å². The van der Waals surface area contributed by atoms with Crippen LogP contribution in [-0.4, -0.2) is 16.2 Å². The second-order valence-corrected chi connectivity index (χ2v) is 5.63. The van der Waals surface area contributed by atoms with E-state index in [1.165, 1.54) is 17.4 Å². The summed E-state index contributed by atoms with van der Waals surface area (Å²) < 4.78 is 0. The molecule has 92 valence electrons. The number of halogens is 1. The summed E-state index contributed by atoms with van der Waals surface area (Å²) in [6.07, 6.45) is 0. The van der Waals surface area contributed by atoms with Crippen LogP contribution in [0.25, 0.3) is 0 Å². The lowest BCUT2D eigenvalue weighted by Crippen LogP contribution is -2.00. The number of aromatic carboxylic acids is 1. The summed E-state index contributed by atoms with van der Waals surface area (Å²) in [5, 5.41) is 10.9. The summed E-state index contributed by atoms with van der Waals surface area (Å²) in [6, 6.07) is 8.03. The molecule has 0 aliphatic rings. The minimum atomic E-state index is -1.05. The Kier molecular flexibility index (Phi) is 4.06. The largest absolute Gasteiger partial charge is 0.478 e. The molecule has 0 atom stereocenters. The van der Waals surface area contributed by atoms with Crippen LogP contribution in [0, 0.1) is 0 Å². The summed E-state index contributed by atoms with van der Waals surface area (Å²) in [6.45, 7) is 0. The Morgan fingerprint density at radius 2 is 1.94 bits per heavy atom. The number of thioether (sulfide) groups is 1. The highest BCUT2D eigenvalue weighted by Crippen LogP contribution is 2.31. The van der Waals surface area contributed by atoms with Crippen LogP contribution in [0.5, 0.6) is 0 Å². The van der Waals surface area contributed by atoms with E-state index in [1.54, 1.807) is 29.6 Å². The van der Waals surface area contributed by atoms with Gasteiger partial charge < -0.3 is 5.11 Å². The zero-order valence-corrected chi connectivity index (χ0v) is 11.3. The molecular formula is C12H7ClO3S2. The van der Waals surface area contributed by atoms with Crippen molar-refractivity contribution in [2.24, 2.45) is 0 Å². The molecule has 0 aliphatic heterocycles. The average molecular weight is 299 g/mol. The fraction of sp³-hybridized carbons (Fsp3) is 0. The fourth-order valence-corrected chi connectivity index (χ4v) is 3.43. The van der Waals surface area contributed by atoms with Gasteiger partial charge in [-0.2, -0.15) is 0 Å². The molecule has 0 amide bonds. The minimum Gasteiger partial charge on any atom is -0.478 e. The highest BCUT2D eigenvalue weighted by atomic mass is 35.5. The van der Waals surface area contributed by atoms with E-state index in [-0.39, 0.29) is 10.7 Å². The average Bonchev–Trinajstić information content (AvgIpc) is 2.76. The number of carbonyl (C=O) groups is 2. The second kappa shape index (κ2) is 5.56. The lowest BCUT2D eigenvalue weighted by molar-refractivity contribution is 0.0693. The van der Waals surface area contributed by atoms with Crippen molar-refractivity contribution in [1.82, 2.24) is 0 Å². The second-order valence-electron chi connectivity index (χ2n) is 3.29. The topological polar surface area (TPSA) is 54.4 Å². The SMILES string of the molecule is O=C(O)c1ccccc1SC(=O)c1sccc1Cl. The Morgan fingerprint density at radius 3 is 2.56 bits per heavy atom. The Hall–Kier alpha value is -1.30. The van der Waals surface area contributed by atoms with Gasteiger partial charge >= 0.3 is 5.97 Å². The third kappa shape index (κ3) is 2.75. The quantitative estimate of drug-likeness (QED) is 0.869. The number of thiophene rings is 1. The Morgan fingerprint density at radius 1 is 1.22 bits per heavy atom. The number of carbonyl (C=O) groups excluding carboxylic acids is 1. The number of hydrogen-bond acceptors (Lipinski definition) is 4. The molecular weight excluding hydrogens is 292 g/mol. The van der Waals surface area contributed by atoms with Gasteiger partial charge in [0.15, 0.2) is 0 Å². The van der Waals surface area contributed by atoms with Gasteiger partial charge in [0.05, 0.1) is 10.6 Å². The summed E-state index contributed by atoms with van der Waals surface area (Å²) in [5.74, 6) is -1.05. The van der Waals surface area contributed by atoms with Crippen molar-refractivity contribution < 1.29 is 14.7 Å². The summed E-state index contributed by atoms with van der Waals surface area (Å²) in [4.78, 5) is 23.8. The first-order chi connectivity index (χ1) is 8.59. The third-order valence-electron chi connectivity index (χ3n) is 2.12. The zero-order valence-electron chi connectivity index (χ0n) is 8.92. The maximum atomic E-state index is 12.0. The molecule has 0 saturated heterocycles. The predicted octanol–water partition coefficient (Wildman–Crippen LogP) is 4.03. The van der Waals surface area contributed by atoms with Gasteiger partial charge in [-0.05, 0) is 35.3 Å². The van der Waals surface area contributed by atoms with Gasteiger partial charge in [-0.15, -0.1) is 11.3 Å². The Bertz CT molecular complexity index is 607. The van der Waals surface area contributed by atoms with E-state index in [9.17, 15) is 9.59 Å². The molecule has 2 rings (SSSR count). The molecule has 1 aromatic carbocycles. The van der Waals surface area contributed by atoms with E-state index < -0.39 is 5.97 Å². The predicted molar refractivity (Wildman–Crippen MR) is 72.9 cm³/mol. The van der Waals surface area contributed by atoms with Crippen molar-refractivity contribution >= 4 is 45.8 Å². The standard InChI is InChI=1S/C12H7ClO3S2/c13-8-5-6-17-10(8)12(16)18-9-4-2-1-3-7(9)11(14)15/h1-6H,(H,14,15). The van der Waals surface area contributed by atoms with Gasteiger partial charge in [0.2, 0.25) is 5.12 Å². The molecule has 0 aliphatic carbocycles. The molecule has 2 aromatic rings. The fourth-order valence-electron chi connectivity index (χ4n) is 1.32. The van der Waals surface area contributed by atoms with Crippen LogP contribution < -0.4 is 0 Å².